The Morgan fingerprint density at radius 2 is 1.77 bits per heavy atom. The van der Waals surface area contributed by atoms with Crippen molar-refractivity contribution in [2.45, 2.75) is 5.25 Å². The van der Waals surface area contributed by atoms with Gasteiger partial charge in [0.25, 0.3) is 0 Å². The molecule has 0 aliphatic rings. The molecule has 0 radical (unpaired) electrons. The van der Waals surface area contributed by atoms with E-state index in [1.165, 1.54) is 0 Å². The van der Waals surface area contributed by atoms with Gasteiger partial charge in [0.2, 0.25) is 5.24 Å². The van der Waals surface area contributed by atoms with Gasteiger partial charge in [-0.25, -0.2) is 8.42 Å². The second kappa shape index (κ2) is 4.39. The third-order valence-corrected chi connectivity index (χ3v) is 2.87. The molecule has 0 aliphatic carbocycles. The van der Waals surface area contributed by atoms with Crippen LogP contribution >= 0.6 is 11.6 Å². The van der Waals surface area contributed by atoms with Gasteiger partial charge in [0.15, 0.2) is 16.0 Å². The van der Waals surface area contributed by atoms with E-state index in [1.807, 2.05) is 0 Å². The number of carbonyl (C=O) groups excluding carboxylic acids is 1. The predicted octanol–water partition coefficient (Wildman–Crippen LogP) is 1.10. The summed E-state index contributed by atoms with van der Waals surface area (Å²) >= 11 is 5.15. The fraction of sp³-hybridized carbons (Fsp3) is 0.125. The van der Waals surface area contributed by atoms with Crippen LogP contribution < -0.4 is 0 Å². The van der Waals surface area contributed by atoms with Crippen molar-refractivity contribution in [1.82, 2.24) is 0 Å². The molecule has 70 valence electrons. The van der Waals surface area contributed by atoms with E-state index in [0.717, 1.165) is 0 Å². The Morgan fingerprint density at radius 3 is 2.15 bits per heavy atom. The number of hydrogen-bond acceptors (Lipinski definition) is 3. The maximum absolute atomic E-state index is 10.8. The summed E-state index contributed by atoms with van der Waals surface area (Å²) in [6.07, 6.45) is 0. The summed E-state index contributed by atoms with van der Waals surface area (Å²) in [5.74, 6) is 0. The van der Waals surface area contributed by atoms with Crippen LogP contribution in [0.15, 0.2) is 30.3 Å². The zero-order valence-corrected chi connectivity index (χ0v) is 8.16. The number of benzene rings is 1. The third kappa shape index (κ3) is 2.54. The van der Waals surface area contributed by atoms with Gasteiger partial charge in [0.05, 0.1) is 0 Å². The summed E-state index contributed by atoms with van der Waals surface area (Å²) < 4.78 is 21.3. The normalized spacial score (nSPS) is 12.8. The Balaban J connectivity index is 3.10. The average Bonchev–Trinajstić information content (AvgIpc) is 2.04. The molecule has 0 N–H and O–H groups in total. The van der Waals surface area contributed by atoms with Gasteiger partial charge < -0.3 is 0 Å². The molecule has 1 aromatic rings. The molecule has 3 nitrogen and oxygen atoms in total. The maximum Gasteiger partial charge on any atom is 0.244 e. The van der Waals surface area contributed by atoms with Gasteiger partial charge in [-0.15, -0.1) is 0 Å². The Bertz CT molecular complexity index is 364. The predicted molar refractivity (Wildman–Crippen MR) is 50.4 cm³/mol. The lowest BCUT2D eigenvalue weighted by Crippen LogP contribution is -2.07. The van der Waals surface area contributed by atoms with Crippen molar-refractivity contribution in [3.63, 3.8) is 0 Å². The highest BCUT2D eigenvalue weighted by Crippen LogP contribution is 2.18. The van der Waals surface area contributed by atoms with Crippen molar-refractivity contribution < 1.29 is 13.2 Å². The molecule has 0 aromatic heterocycles. The Morgan fingerprint density at radius 1 is 1.23 bits per heavy atom. The van der Waals surface area contributed by atoms with E-state index in [4.69, 9.17) is 11.6 Å². The van der Waals surface area contributed by atoms with E-state index in [0.29, 0.717) is 5.56 Å². The monoisotopic (exact) mass is 218 g/mol. The van der Waals surface area contributed by atoms with Crippen LogP contribution in [0.4, 0.5) is 0 Å². The van der Waals surface area contributed by atoms with Crippen molar-refractivity contribution in [3.8, 4) is 0 Å². The van der Waals surface area contributed by atoms with Crippen LogP contribution in [-0.2, 0) is 15.5 Å². The molecule has 0 saturated carbocycles. The fourth-order valence-electron chi connectivity index (χ4n) is 0.971. The van der Waals surface area contributed by atoms with Gasteiger partial charge in [-0.2, -0.15) is 0 Å². The molecule has 0 aliphatic heterocycles. The van der Waals surface area contributed by atoms with Crippen molar-refractivity contribution in [3.05, 3.63) is 35.9 Å². The molecule has 1 aromatic carbocycles. The van der Waals surface area contributed by atoms with E-state index in [2.05, 4.69) is 0 Å². The molecule has 5 heteroatoms. The molecule has 0 bridgehead atoms. The van der Waals surface area contributed by atoms with E-state index in [9.17, 15) is 13.2 Å². The van der Waals surface area contributed by atoms with Crippen LogP contribution in [0, 0.1) is 0 Å². The molecule has 0 heterocycles. The van der Waals surface area contributed by atoms with Gasteiger partial charge >= 0.3 is 0 Å². The minimum Gasteiger partial charge on any atom is -0.279 e. The number of carbonyl (C=O) groups is 1. The standard InChI is InChI=1S/C8H7ClO3S/c9-8(10)7(13(11)12)6-4-2-1-3-5-6/h1-5,7,13H. The summed E-state index contributed by atoms with van der Waals surface area (Å²) in [5.41, 5.74) is 0.401. The Kier molecular flexibility index (Phi) is 3.45. The first-order valence-electron chi connectivity index (χ1n) is 3.50. The second-order valence-corrected chi connectivity index (χ2v) is 3.86. The van der Waals surface area contributed by atoms with Crippen LogP contribution in [0.2, 0.25) is 0 Å². The molecule has 1 rings (SSSR count). The Hall–Kier alpha value is -0.870. The van der Waals surface area contributed by atoms with E-state index in [1.54, 1.807) is 30.3 Å². The first-order valence-corrected chi connectivity index (χ1v) is 5.13. The summed E-state index contributed by atoms with van der Waals surface area (Å²) in [4.78, 5) is 10.8. The molecule has 0 amide bonds. The highest BCUT2D eigenvalue weighted by atomic mass is 35.5. The van der Waals surface area contributed by atoms with Crippen LogP contribution in [0.25, 0.3) is 0 Å². The number of hydrogen-bond donors (Lipinski definition) is 1. The lowest BCUT2D eigenvalue weighted by Gasteiger charge is -2.03. The van der Waals surface area contributed by atoms with Gasteiger partial charge in [-0.3, -0.25) is 4.79 Å². The highest BCUT2D eigenvalue weighted by molar-refractivity contribution is 7.74. The topological polar surface area (TPSA) is 51.2 Å². The van der Waals surface area contributed by atoms with Gasteiger partial charge in [0.1, 0.15) is 0 Å². The first kappa shape index (κ1) is 10.2. The molecule has 0 saturated heterocycles. The number of halogens is 1. The second-order valence-electron chi connectivity index (χ2n) is 2.40. The maximum atomic E-state index is 10.8. The quantitative estimate of drug-likeness (QED) is 0.611. The molecule has 13 heavy (non-hydrogen) atoms. The van der Waals surface area contributed by atoms with Gasteiger partial charge in [-0.1, -0.05) is 30.3 Å². The van der Waals surface area contributed by atoms with Crippen molar-refractivity contribution in [2.24, 2.45) is 0 Å². The van der Waals surface area contributed by atoms with E-state index < -0.39 is 21.2 Å². The Labute approximate surface area is 82.3 Å². The first-order chi connectivity index (χ1) is 6.13. The average molecular weight is 219 g/mol. The van der Waals surface area contributed by atoms with Crippen molar-refractivity contribution in [2.75, 3.05) is 0 Å². The van der Waals surface area contributed by atoms with Crippen molar-refractivity contribution in [1.29, 1.82) is 0 Å². The highest BCUT2D eigenvalue weighted by Gasteiger charge is 2.20. The molecule has 0 spiro atoms. The van der Waals surface area contributed by atoms with Crippen molar-refractivity contribution >= 4 is 27.5 Å². The van der Waals surface area contributed by atoms with E-state index >= 15 is 0 Å². The van der Waals surface area contributed by atoms with Gasteiger partial charge in [0, 0.05) is 0 Å². The zero-order chi connectivity index (χ0) is 9.84. The minimum atomic E-state index is -2.86. The molecule has 0 fully saturated rings. The number of thiol groups is 1. The largest absolute Gasteiger partial charge is 0.279 e. The summed E-state index contributed by atoms with van der Waals surface area (Å²) in [7, 11) is -2.86. The lowest BCUT2D eigenvalue weighted by atomic mass is 10.2. The van der Waals surface area contributed by atoms with E-state index in [-0.39, 0.29) is 0 Å². The fourth-order valence-corrected chi connectivity index (χ4v) is 1.92. The molecule has 1 unspecified atom stereocenters. The van der Waals surface area contributed by atoms with Crippen LogP contribution in [0.3, 0.4) is 0 Å². The molecular weight excluding hydrogens is 212 g/mol. The van der Waals surface area contributed by atoms with Crippen LogP contribution in [0.5, 0.6) is 0 Å². The lowest BCUT2D eigenvalue weighted by molar-refractivity contribution is -0.111. The SMILES string of the molecule is O=C(Cl)C(c1ccccc1)[SH](=O)=O. The summed E-state index contributed by atoms with van der Waals surface area (Å²) in [6, 6.07) is 8.14. The summed E-state index contributed by atoms with van der Waals surface area (Å²) in [5, 5.41) is -2.10. The molecular formula is C8H7ClO3S. The van der Waals surface area contributed by atoms with Crippen LogP contribution in [0.1, 0.15) is 10.8 Å². The van der Waals surface area contributed by atoms with Gasteiger partial charge in [-0.05, 0) is 17.2 Å². The van der Waals surface area contributed by atoms with Crippen LogP contribution in [-0.4, -0.2) is 13.7 Å². The summed E-state index contributed by atoms with van der Waals surface area (Å²) in [6.45, 7) is 0. The smallest absolute Gasteiger partial charge is 0.244 e. The minimum absolute atomic E-state index is 0.401. The third-order valence-electron chi connectivity index (χ3n) is 1.54. The number of rotatable bonds is 3. The zero-order valence-electron chi connectivity index (χ0n) is 6.51. The molecule has 1 atom stereocenters.